The van der Waals surface area contributed by atoms with E-state index in [0.717, 1.165) is 0 Å². The van der Waals surface area contributed by atoms with Crippen molar-refractivity contribution in [2.75, 3.05) is 7.11 Å². The lowest BCUT2D eigenvalue weighted by Gasteiger charge is -2.21. The molecule has 2 aromatic rings. The molecular weight excluding hydrogens is 277 g/mol. The van der Waals surface area contributed by atoms with Crippen molar-refractivity contribution in [3.05, 3.63) is 29.5 Å². The number of nitrogens with zero attached hydrogens (tertiary/aromatic N) is 3. The fraction of sp³-hybridized carbons (Fsp3) is 0.500. The van der Waals surface area contributed by atoms with E-state index in [2.05, 4.69) is 10.1 Å². The summed E-state index contributed by atoms with van der Waals surface area (Å²) in [6, 6.07) is 1.19. The number of aromatic nitrogens is 3. The van der Waals surface area contributed by atoms with Crippen molar-refractivity contribution >= 4 is 11.6 Å². The molecule has 0 saturated heterocycles. The Hall–Kier alpha value is -2.02. The average molecular weight is 295 g/mol. The summed E-state index contributed by atoms with van der Waals surface area (Å²) in [6.07, 6.45) is 0.882. The number of fused-ring (bicyclic) bond motifs is 1. The molecule has 0 aliphatic carbocycles. The SMILES string of the molecule is CO[C@@H](C)c1c(C(=O)OC(C)(C)C)cnc2cc(F)nn12. The minimum Gasteiger partial charge on any atom is -0.456 e. The Bertz CT molecular complexity index is 676. The predicted octanol–water partition coefficient (Wildman–Crippen LogP) is 2.53. The zero-order valence-electron chi connectivity index (χ0n) is 12.7. The molecule has 2 heterocycles. The van der Waals surface area contributed by atoms with Gasteiger partial charge >= 0.3 is 5.97 Å². The molecular formula is C14H18FN3O3. The first kappa shape index (κ1) is 15.4. The van der Waals surface area contributed by atoms with Crippen molar-refractivity contribution in [2.45, 2.75) is 39.4 Å². The van der Waals surface area contributed by atoms with E-state index in [0.29, 0.717) is 11.3 Å². The molecule has 2 rings (SSSR count). The summed E-state index contributed by atoms with van der Waals surface area (Å²) in [5, 5.41) is 3.72. The molecule has 0 radical (unpaired) electrons. The second-order valence-electron chi connectivity index (χ2n) is 5.67. The van der Waals surface area contributed by atoms with Gasteiger partial charge in [0.15, 0.2) is 5.65 Å². The summed E-state index contributed by atoms with van der Waals surface area (Å²) in [6.45, 7) is 7.04. The Morgan fingerprint density at radius 3 is 2.67 bits per heavy atom. The van der Waals surface area contributed by atoms with Crippen LogP contribution >= 0.6 is 0 Å². The molecule has 114 valence electrons. The highest BCUT2D eigenvalue weighted by atomic mass is 19.1. The normalized spacial score (nSPS) is 13.4. The number of carbonyl (C=O) groups excluding carboxylic acids is 1. The Morgan fingerprint density at radius 2 is 2.10 bits per heavy atom. The molecule has 0 bridgehead atoms. The topological polar surface area (TPSA) is 65.7 Å². The van der Waals surface area contributed by atoms with E-state index >= 15 is 0 Å². The second kappa shape index (κ2) is 5.40. The molecule has 0 amide bonds. The van der Waals surface area contributed by atoms with Gasteiger partial charge in [-0.3, -0.25) is 0 Å². The van der Waals surface area contributed by atoms with Crippen molar-refractivity contribution < 1.29 is 18.7 Å². The Kier molecular flexibility index (Phi) is 3.95. The van der Waals surface area contributed by atoms with Crippen molar-refractivity contribution in [2.24, 2.45) is 0 Å². The number of halogens is 1. The third kappa shape index (κ3) is 3.18. The zero-order valence-corrected chi connectivity index (χ0v) is 12.7. The lowest BCUT2D eigenvalue weighted by Crippen LogP contribution is -2.26. The summed E-state index contributed by atoms with van der Waals surface area (Å²) in [5.41, 5.74) is 0.267. The minimum atomic E-state index is -0.673. The molecule has 0 aromatic carbocycles. The summed E-state index contributed by atoms with van der Waals surface area (Å²) in [5.74, 6) is -1.22. The predicted molar refractivity (Wildman–Crippen MR) is 73.5 cm³/mol. The highest BCUT2D eigenvalue weighted by Gasteiger charge is 2.26. The molecule has 0 aliphatic rings. The Labute approximate surface area is 121 Å². The maximum absolute atomic E-state index is 13.3. The van der Waals surface area contributed by atoms with E-state index in [9.17, 15) is 9.18 Å². The summed E-state index contributed by atoms with van der Waals surface area (Å²) in [7, 11) is 1.50. The van der Waals surface area contributed by atoms with E-state index < -0.39 is 23.6 Å². The molecule has 0 N–H and O–H groups in total. The number of methoxy groups -OCH3 is 1. The van der Waals surface area contributed by atoms with Gasteiger partial charge in [-0.15, -0.1) is 5.10 Å². The monoisotopic (exact) mass is 295 g/mol. The first-order valence-corrected chi connectivity index (χ1v) is 6.53. The van der Waals surface area contributed by atoms with Crippen LogP contribution in [0.3, 0.4) is 0 Å². The quantitative estimate of drug-likeness (QED) is 0.814. The zero-order chi connectivity index (χ0) is 15.8. The van der Waals surface area contributed by atoms with Crippen LogP contribution in [0.2, 0.25) is 0 Å². The van der Waals surface area contributed by atoms with Crippen molar-refractivity contribution in [1.82, 2.24) is 14.6 Å². The van der Waals surface area contributed by atoms with Crippen LogP contribution in [-0.2, 0) is 9.47 Å². The molecule has 0 aliphatic heterocycles. The third-order valence-corrected chi connectivity index (χ3v) is 2.85. The van der Waals surface area contributed by atoms with Crippen molar-refractivity contribution in [1.29, 1.82) is 0 Å². The van der Waals surface area contributed by atoms with E-state index in [1.54, 1.807) is 27.7 Å². The maximum atomic E-state index is 13.3. The van der Waals surface area contributed by atoms with Crippen LogP contribution in [0.4, 0.5) is 4.39 Å². The van der Waals surface area contributed by atoms with Gasteiger partial charge in [0, 0.05) is 19.4 Å². The molecule has 7 heteroatoms. The summed E-state index contributed by atoms with van der Waals surface area (Å²) in [4.78, 5) is 16.3. The Balaban J connectivity index is 2.59. The van der Waals surface area contributed by atoms with Gasteiger partial charge in [0.1, 0.15) is 11.2 Å². The number of esters is 1. The highest BCUT2D eigenvalue weighted by Crippen LogP contribution is 2.23. The van der Waals surface area contributed by atoms with Crippen LogP contribution in [0.25, 0.3) is 5.65 Å². The van der Waals surface area contributed by atoms with Gasteiger partial charge in [-0.05, 0) is 27.7 Å². The summed E-state index contributed by atoms with van der Waals surface area (Å²) < 4.78 is 25.2. The maximum Gasteiger partial charge on any atom is 0.342 e. The molecule has 2 aromatic heterocycles. The first-order chi connectivity index (χ1) is 9.73. The molecule has 0 fully saturated rings. The third-order valence-electron chi connectivity index (χ3n) is 2.85. The van der Waals surface area contributed by atoms with Crippen molar-refractivity contribution in [3.63, 3.8) is 0 Å². The number of carbonyl (C=O) groups is 1. The van der Waals surface area contributed by atoms with E-state index in [1.807, 2.05) is 0 Å². The molecule has 21 heavy (non-hydrogen) atoms. The van der Waals surface area contributed by atoms with Gasteiger partial charge in [0.2, 0.25) is 5.95 Å². The van der Waals surface area contributed by atoms with E-state index in [-0.39, 0.29) is 5.56 Å². The van der Waals surface area contributed by atoms with Crippen molar-refractivity contribution in [3.8, 4) is 0 Å². The second-order valence-corrected chi connectivity index (χ2v) is 5.67. The lowest BCUT2D eigenvalue weighted by atomic mass is 10.1. The van der Waals surface area contributed by atoms with E-state index in [4.69, 9.17) is 9.47 Å². The number of ether oxygens (including phenoxy) is 2. The number of hydrogen-bond donors (Lipinski definition) is 0. The highest BCUT2D eigenvalue weighted by molar-refractivity contribution is 5.91. The van der Waals surface area contributed by atoms with Gasteiger partial charge in [-0.1, -0.05) is 0 Å². The van der Waals surface area contributed by atoms with Crippen LogP contribution in [0, 0.1) is 5.95 Å². The standard InChI is InChI=1S/C14H18FN3O3/c1-8(20-5)12-9(13(19)21-14(2,3)4)7-16-11-6-10(15)17-18(11)12/h6-8H,1-5H3/t8-/m0/s1. The average Bonchev–Trinajstić information content (AvgIpc) is 2.74. The number of rotatable bonds is 3. The number of hydrogen-bond acceptors (Lipinski definition) is 5. The van der Waals surface area contributed by atoms with Crippen LogP contribution in [-0.4, -0.2) is 33.3 Å². The van der Waals surface area contributed by atoms with Crippen LogP contribution < -0.4 is 0 Å². The molecule has 6 nitrogen and oxygen atoms in total. The minimum absolute atomic E-state index is 0.204. The lowest BCUT2D eigenvalue weighted by molar-refractivity contribution is 0.00602. The van der Waals surface area contributed by atoms with Gasteiger partial charge in [-0.2, -0.15) is 4.39 Å². The van der Waals surface area contributed by atoms with Gasteiger partial charge in [-0.25, -0.2) is 14.3 Å². The van der Waals surface area contributed by atoms with E-state index in [1.165, 1.54) is 23.9 Å². The fourth-order valence-corrected chi connectivity index (χ4v) is 1.92. The Morgan fingerprint density at radius 1 is 1.43 bits per heavy atom. The van der Waals surface area contributed by atoms with Crippen LogP contribution in [0.15, 0.2) is 12.3 Å². The van der Waals surface area contributed by atoms with Gasteiger partial charge in [0.05, 0.1) is 11.8 Å². The smallest absolute Gasteiger partial charge is 0.342 e. The van der Waals surface area contributed by atoms with Gasteiger partial charge < -0.3 is 9.47 Å². The largest absolute Gasteiger partial charge is 0.456 e. The molecule has 0 unspecified atom stereocenters. The molecule has 1 atom stereocenters. The van der Waals surface area contributed by atoms with Crippen LogP contribution in [0.1, 0.15) is 49.9 Å². The fourth-order valence-electron chi connectivity index (χ4n) is 1.92. The first-order valence-electron chi connectivity index (χ1n) is 6.53. The van der Waals surface area contributed by atoms with Crippen LogP contribution in [0.5, 0.6) is 0 Å². The molecule has 0 saturated carbocycles. The van der Waals surface area contributed by atoms with Gasteiger partial charge in [0.25, 0.3) is 0 Å². The molecule has 0 spiro atoms. The summed E-state index contributed by atoms with van der Waals surface area (Å²) >= 11 is 0.